The van der Waals surface area contributed by atoms with Crippen LogP contribution in [-0.2, 0) is 6.54 Å². The molecule has 1 heterocycles. The van der Waals surface area contributed by atoms with Gasteiger partial charge in [0, 0.05) is 22.3 Å². The number of aromatic nitrogens is 2. The van der Waals surface area contributed by atoms with Crippen LogP contribution in [0.15, 0.2) is 28.7 Å². The molecule has 1 N–H and O–H groups in total. The third-order valence-electron chi connectivity index (χ3n) is 2.70. The number of nitrogens with one attached hydrogen (secondary N) is 1. The first-order chi connectivity index (χ1) is 8.60. The molecule has 0 bridgehead atoms. The molecule has 0 saturated heterocycles. The lowest BCUT2D eigenvalue weighted by Gasteiger charge is -2.07. The number of hydrogen-bond acceptors (Lipinski definition) is 3. The molecule has 2 aromatic rings. The standard InChI is InChI=1S/C14H16BrN3/c1-9-4-5-11(7-13(9)15)14-17-10(2)6-12(18-14)8-16-3/h4-7,16H,8H2,1-3H3. The number of aryl methyl sites for hydroxylation is 2. The molecule has 0 amide bonds. The molecule has 4 heteroatoms. The topological polar surface area (TPSA) is 37.8 Å². The Hall–Kier alpha value is -1.26. The van der Waals surface area contributed by atoms with E-state index >= 15 is 0 Å². The van der Waals surface area contributed by atoms with Gasteiger partial charge in [-0.2, -0.15) is 0 Å². The smallest absolute Gasteiger partial charge is 0.159 e. The Labute approximate surface area is 116 Å². The maximum absolute atomic E-state index is 4.57. The van der Waals surface area contributed by atoms with Crippen LogP contribution in [-0.4, -0.2) is 17.0 Å². The zero-order valence-electron chi connectivity index (χ0n) is 10.8. The van der Waals surface area contributed by atoms with Crippen LogP contribution in [0.1, 0.15) is 17.0 Å². The van der Waals surface area contributed by atoms with Gasteiger partial charge < -0.3 is 5.32 Å². The molecule has 1 aromatic carbocycles. The van der Waals surface area contributed by atoms with Crippen LogP contribution in [0.25, 0.3) is 11.4 Å². The lowest BCUT2D eigenvalue weighted by Crippen LogP contribution is -2.08. The predicted octanol–water partition coefficient (Wildman–Crippen LogP) is 3.24. The molecule has 2 rings (SSSR count). The molecule has 0 spiro atoms. The normalized spacial score (nSPS) is 10.7. The fraction of sp³-hybridized carbons (Fsp3) is 0.286. The predicted molar refractivity (Wildman–Crippen MR) is 77.4 cm³/mol. The Bertz CT molecular complexity index is 567. The summed E-state index contributed by atoms with van der Waals surface area (Å²) in [5.41, 5.74) is 4.24. The highest BCUT2D eigenvalue weighted by Crippen LogP contribution is 2.23. The fourth-order valence-electron chi connectivity index (χ4n) is 1.77. The molecular weight excluding hydrogens is 290 g/mol. The number of nitrogens with zero attached hydrogens (tertiary/aromatic N) is 2. The highest BCUT2D eigenvalue weighted by atomic mass is 79.9. The number of benzene rings is 1. The third kappa shape index (κ3) is 2.94. The molecule has 3 nitrogen and oxygen atoms in total. The van der Waals surface area contributed by atoms with Crippen LogP contribution in [0, 0.1) is 13.8 Å². The van der Waals surface area contributed by atoms with Gasteiger partial charge >= 0.3 is 0 Å². The number of halogens is 1. The van der Waals surface area contributed by atoms with Crippen molar-refractivity contribution < 1.29 is 0 Å². The first-order valence-corrected chi connectivity index (χ1v) is 6.65. The first-order valence-electron chi connectivity index (χ1n) is 5.86. The highest BCUT2D eigenvalue weighted by Gasteiger charge is 2.06. The summed E-state index contributed by atoms with van der Waals surface area (Å²) >= 11 is 3.54. The van der Waals surface area contributed by atoms with Gasteiger partial charge in [0.2, 0.25) is 0 Å². The fourth-order valence-corrected chi connectivity index (χ4v) is 2.15. The zero-order valence-corrected chi connectivity index (χ0v) is 12.4. The Morgan fingerprint density at radius 3 is 2.61 bits per heavy atom. The van der Waals surface area contributed by atoms with E-state index in [9.17, 15) is 0 Å². The van der Waals surface area contributed by atoms with E-state index in [1.165, 1.54) is 5.56 Å². The average Bonchev–Trinajstić information content (AvgIpc) is 2.32. The van der Waals surface area contributed by atoms with Crippen molar-refractivity contribution in [3.8, 4) is 11.4 Å². The lowest BCUT2D eigenvalue weighted by atomic mass is 10.1. The summed E-state index contributed by atoms with van der Waals surface area (Å²) in [6.45, 7) is 4.81. The van der Waals surface area contributed by atoms with Gasteiger partial charge in [0.25, 0.3) is 0 Å². The second kappa shape index (κ2) is 5.59. The Morgan fingerprint density at radius 2 is 1.94 bits per heavy atom. The van der Waals surface area contributed by atoms with E-state index in [4.69, 9.17) is 0 Å². The molecule has 0 radical (unpaired) electrons. The SMILES string of the molecule is CNCc1cc(C)nc(-c2ccc(C)c(Br)c2)n1. The van der Waals surface area contributed by atoms with Crippen molar-refractivity contribution in [2.75, 3.05) is 7.05 Å². The average molecular weight is 306 g/mol. The van der Waals surface area contributed by atoms with Crippen LogP contribution < -0.4 is 5.32 Å². The second-order valence-corrected chi connectivity index (χ2v) is 5.17. The molecule has 0 fully saturated rings. The molecule has 0 aliphatic heterocycles. The minimum atomic E-state index is 0.753. The van der Waals surface area contributed by atoms with Gasteiger partial charge in [-0.15, -0.1) is 0 Å². The van der Waals surface area contributed by atoms with Crippen molar-refractivity contribution >= 4 is 15.9 Å². The van der Waals surface area contributed by atoms with Crippen LogP contribution >= 0.6 is 15.9 Å². The van der Waals surface area contributed by atoms with E-state index in [0.717, 1.165) is 33.8 Å². The van der Waals surface area contributed by atoms with Crippen molar-refractivity contribution in [3.05, 3.63) is 45.7 Å². The first kappa shape index (κ1) is 13.2. The molecule has 0 atom stereocenters. The summed E-state index contributed by atoms with van der Waals surface area (Å²) in [7, 11) is 1.92. The van der Waals surface area contributed by atoms with Gasteiger partial charge in [-0.1, -0.05) is 28.1 Å². The van der Waals surface area contributed by atoms with E-state index in [1.54, 1.807) is 0 Å². The van der Waals surface area contributed by atoms with Crippen molar-refractivity contribution in [2.24, 2.45) is 0 Å². The summed E-state index contributed by atoms with van der Waals surface area (Å²) in [4.78, 5) is 9.07. The van der Waals surface area contributed by atoms with Gasteiger partial charge in [0.05, 0.1) is 5.69 Å². The zero-order chi connectivity index (χ0) is 13.1. The lowest BCUT2D eigenvalue weighted by molar-refractivity contribution is 0.785. The monoisotopic (exact) mass is 305 g/mol. The Morgan fingerprint density at radius 1 is 1.17 bits per heavy atom. The number of hydrogen-bond donors (Lipinski definition) is 1. The largest absolute Gasteiger partial charge is 0.314 e. The van der Waals surface area contributed by atoms with Crippen LogP contribution in [0.2, 0.25) is 0 Å². The molecule has 1 aromatic heterocycles. The minimum Gasteiger partial charge on any atom is -0.314 e. The minimum absolute atomic E-state index is 0.753. The van der Waals surface area contributed by atoms with Gasteiger partial charge in [0.1, 0.15) is 0 Å². The molecule has 94 valence electrons. The summed E-state index contributed by atoms with van der Waals surface area (Å²) in [5, 5.41) is 3.11. The third-order valence-corrected chi connectivity index (χ3v) is 3.55. The Kier molecular flexibility index (Phi) is 4.09. The molecule has 0 saturated carbocycles. The van der Waals surface area contributed by atoms with Crippen molar-refractivity contribution in [1.29, 1.82) is 0 Å². The number of rotatable bonds is 3. The van der Waals surface area contributed by atoms with Crippen LogP contribution in [0.3, 0.4) is 0 Å². The van der Waals surface area contributed by atoms with Crippen LogP contribution in [0.5, 0.6) is 0 Å². The van der Waals surface area contributed by atoms with E-state index in [0.29, 0.717) is 0 Å². The highest BCUT2D eigenvalue weighted by molar-refractivity contribution is 9.10. The van der Waals surface area contributed by atoms with Gasteiger partial charge in [-0.25, -0.2) is 9.97 Å². The molecule has 0 unspecified atom stereocenters. The summed E-state index contributed by atoms with van der Waals surface area (Å²) < 4.78 is 1.08. The van der Waals surface area contributed by atoms with Crippen molar-refractivity contribution in [2.45, 2.75) is 20.4 Å². The maximum atomic E-state index is 4.57. The van der Waals surface area contributed by atoms with Crippen molar-refractivity contribution in [1.82, 2.24) is 15.3 Å². The van der Waals surface area contributed by atoms with E-state index in [2.05, 4.69) is 56.3 Å². The van der Waals surface area contributed by atoms with E-state index in [1.807, 2.05) is 20.0 Å². The maximum Gasteiger partial charge on any atom is 0.159 e. The second-order valence-electron chi connectivity index (χ2n) is 4.32. The van der Waals surface area contributed by atoms with E-state index < -0.39 is 0 Å². The van der Waals surface area contributed by atoms with Gasteiger partial charge in [0.15, 0.2) is 5.82 Å². The quantitative estimate of drug-likeness (QED) is 0.946. The molecule has 18 heavy (non-hydrogen) atoms. The molecule has 0 aliphatic carbocycles. The summed E-state index contributed by atoms with van der Waals surface area (Å²) in [6, 6.07) is 8.19. The van der Waals surface area contributed by atoms with Crippen molar-refractivity contribution in [3.63, 3.8) is 0 Å². The van der Waals surface area contributed by atoms with Gasteiger partial charge in [-0.3, -0.25) is 0 Å². The molecule has 0 aliphatic rings. The summed E-state index contributed by atoms with van der Waals surface area (Å²) in [6.07, 6.45) is 0. The van der Waals surface area contributed by atoms with E-state index in [-0.39, 0.29) is 0 Å². The molecular formula is C14H16BrN3. The summed E-state index contributed by atoms with van der Waals surface area (Å²) in [5.74, 6) is 0.779. The van der Waals surface area contributed by atoms with Crippen LogP contribution in [0.4, 0.5) is 0 Å². The Balaban J connectivity index is 2.46. The van der Waals surface area contributed by atoms with Gasteiger partial charge in [-0.05, 0) is 38.6 Å².